The lowest BCUT2D eigenvalue weighted by Gasteiger charge is -2.29. The van der Waals surface area contributed by atoms with E-state index in [4.69, 9.17) is 14.9 Å². The SMILES string of the molecule is CC(Nc1nnc(CCN)o1)C(=O)N1CCOCC1. The molecule has 0 aromatic carbocycles. The van der Waals surface area contributed by atoms with Crippen LogP contribution in [0.25, 0.3) is 0 Å². The summed E-state index contributed by atoms with van der Waals surface area (Å²) in [7, 11) is 0. The Morgan fingerprint density at radius 2 is 2.21 bits per heavy atom. The molecule has 1 fully saturated rings. The highest BCUT2D eigenvalue weighted by molar-refractivity contribution is 5.83. The first-order valence-electron chi connectivity index (χ1n) is 6.36. The van der Waals surface area contributed by atoms with Crippen LogP contribution in [0.2, 0.25) is 0 Å². The third-order valence-electron chi connectivity index (χ3n) is 2.86. The molecular weight excluding hydrogens is 250 g/mol. The van der Waals surface area contributed by atoms with E-state index in [0.29, 0.717) is 45.2 Å². The molecule has 1 atom stereocenters. The van der Waals surface area contributed by atoms with E-state index >= 15 is 0 Å². The number of morpholine rings is 1. The van der Waals surface area contributed by atoms with Crippen molar-refractivity contribution in [1.82, 2.24) is 15.1 Å². The Kier molecular flexibility index (Phi) is 4.69. The molecule has 19 heavy (non-hydrogen) atoms. The lowest BCUT2D eigenvalue weighted by atomic mass is 10.2. The summed E-state index contributed by atoms with van der Waals surface area (Å²) >= 11 is 0. The number of nitrogens with one attached hydrogen (secondary N) is 1. The number of ether oxygens (including phenoxy) is 1. The highest BCUT2D eigenvalue weighted by Gasteiger charge is 2.23. The number of hydrogen-bond acceptors (Lipinski definition) is 7. The monoisotopic (exact) mass is 269 g/mol. The molecule has 0 aliphatic carbocycles. The molecule has 2 heterocycles. The second kappa shape index (κ2) is 6.48. The van der Waals surface area contributed by atoms with Crippen LogP contribution in [0.5, 0.6) is 0 Å². The van der Waals surface area contributed by atoms with Crippen LogP contribution in [-0.2, 0) is 16.0 Å². The van der Waals surface area contributed by atoms with Gasteiger partial charge in [0.25, 0.3) is 0 Å². The summed E-state index contributed by atoms with van der Waals surface area (Å²) in [6.45, 7) is 4.62. The van der Waals surface area contributed by atoms with Crippen LogP contribution >= 0.6 is 0 Å². The van der Waals surface area contributed by atoms with Gasteiger partial charge in [0.15, 0.2) is 0 Å². The Morgan fingerprint density at radius 3 is 2.89 bits per heavy atom. The third-order valence-corrected chi connectivity index (χ3v) is 2.86. The molecule has 1 saturated heterocycles. The molecule has 0 saturated carbocycles. The molecule has 8 nitrogen and oxygen atoms in total. The second-order valence-corrected chi connectivity index (χ2v) is 4.34. The van der Waals surface area contributed by atoms with E-state index in [1.165, 1.54) is 0 Å². The lowest BCUT2D eigenvalue weighted by Crippen LogP contribution is -2.47. The molecule has 3 N–H and O–H groups in total. The van der Waals surface area contributed by atoms with Crippen molar-refractivity contribution >= 4 is 11.9 Å². The fraction of sp³-hybridized carbons (Fsp3) is 0.727. The molecule has 2 rings (SSSR count). The minimum atomic E-state index is -0.413. The molecule has 106 valence electrons. The fourth-order valence-electron chi connectivity index (χ4n) is 1.84. The molecule has 1 aromatic heterocycles. The minimum Gasteiger partial charge on any atom is -0.408 e. The molecule has 8 heteroatoms. The van der Waals surface area contributed by atoms with E-state index in [9.17, 15) is 4.79 Å². The zero-order chi connectivity index (χ0) is 13.7. The van der Waals surface area contributed by atoms with Crippen LogP contribution in [0.15, 0.2) is 4.42 Å². The van der Waals surface area contributed by atoms with Gasteiger partial charge in [0.05, 0.1) is 13.2 Å². The summed E-state index contributed by atoms with van der Waals surface area (Å²) in [5.74, 6) is 0.470. The Balaban J connectivity index is 1.88. The van der Waals surface area contributed by atoms with Crippen LogP contribution in [-0.4, -0.2) is 59.9 Å². The topological polar surface area (TPSA) is 107 Å². The predicted molar refractivity (Wildman–Crippen MR) is 67.5 cm³/mol. The van der Waals surface area contributed by atoms with Gasteiger partial charge in [-0.15, -0.1) is 5.10 Å². The van der Waals surface area contributed by atoms with Gasteiger partial charge in [-0.1, -0.05) is 5.10 Å². The number of carbonyl (C=O) groups excluding carboxylic acids is 1. The molecule has 1 aromatic rings. The van der Waals surface area contributed by atoms with Gasteiger partial charge in [-0.05, 0) is 6.92 Å². The van der Waals surface area contributed by atoms with E-state index in [1.54, 1.807) is 11.8 Å². The highest BCUT2D eigenvalue weighted by atomic mass is 16.5. The summed E-state index contributed by atoms with van der Waals surface area (Å²) in [6, 6.07) is -0.165. The van der Waals surface area contributed by atoms with Crippen molar-refractivity contribution in [3.8, 4) is 0 Å². The Labute approximate surface area is 111 Å². The average molecular weight is 269 g/mol. The molecule has 0 bridgehead atoms. The molecular formula is C11H19N5O3. The Hall–Kier alpha value is -1.67. The summed E-state index contributed by atoms with van der Waals surface area (Å²) in [4.78, 5) is 13.9. The average Bonchev–Trinajstić information content (AvgIpc) is 2.86. The molecule has 1 aliphatic heterocycles. The molecule has 0 spiro atoms. The van der Waals surface area contributed by atoms with Crippen molar-refractivity contribution in [3.05, 3.63) is 5.89 Å². The first kappa shape index (κ1) is 13.8. The maximum atomic E-state index is 12.1. The maximum Gasteiger partial charge on any atom is 0.316 e. The number of rotatable bonds is 5. The van der Waals surface area contributed by atoms with Gasteiger partial charge in [-0.3, -0.25) is 4.79 Å². The molecule has 0 radical (unpaired) electrons. The van der Waals surface area contributed by atoms with Crippen molar-refractivity contribution in [3.63, 3.8) is 0 Å². The van der Waals surface area contributed by atoms with Crippen molar-refractivity contribution < 1.29 is 13.9 Å². The highest BCUT2D eigenvalue weighted by Crippen LogP contribution is 2.09. The zero-order valence-electron chi connectivity index (χ0n) is 11.0. The molecule has 1 aliphatic rings. The second-order valence-electron chi connectivity index (χ2n) is 4.34. The standard InChI is InChI=1S/C11H19N5O3/c1-8(10(17)16-4-6-18-7-5-16)13-11-15-14-9(19-11)2-3-12/h8H,2-7,12H2,1H3,(H,13,15). The van der Waals surface area contributed by atoms with Gasteiger partial charge in [0.2, 0.25) is 11.8 Å². The lowest BCUT2D eigenvalue weighted by molar-refractivity contribution is -0.135. The fourth-order valence-corrected chi connectivity index (χ4v) is 1.84. The van der Waals surface area contributed by atoms with E-state index in [1.807, 2.05) is 0 Å². The van der Waals surface area contributed by atoms with Crippen LogP contribution < -0.4 is 11.1 Å². The van der Waals surface area contributed by atoms with Crippen molar-refractivity contribution in [2.45, 2.75) is 19.4 Å². The van der Waals surface area contributed by atoms with Crippen molar-refractivity contribution in [2.24, 2.45) is 5.73 Å². The predicted octanol–water partition coefficient (Wildman–Crippen LogP) is -0.770. The van der Waals surface area contributed by atoms with Crippen LogP contribution in [0.1, 0.15) is 12.8 Å². The molecule has 1 unspecified atom stereocenters. The van der Waals surface area contributed by atoms with Gasteiger partial charge in [-0.2, -0.15) is 0 Å². The number of aromatic nitrogens is 2. The van der Waals surface area contributed by atoms with Crippen LogP contribution in [0.4, 0.5) is 6.01 Å². The van der Waals surface area contributed by atoms with Gasteiger partial charge in [0, 0.05) is 26.1 Å². The van der Waals surface area contributed by atoms with E-state index in [2.05, 4.69) is 15.5 Å². The normalized spacial score (nSPS) is 17.3. The summed E-state index contributed by atoms with van der Waals surface area (Å²) in [6.07, 6.45) is 0.528. The third kappa shape index (κ3) is 3.65. The Morgan fingerprint density at radius 1 is 1.47 bits per heavy atom. The first-order valence-corrected chi connectivity index (χ1v) is 6.36. The summed E-state index contributed by atoms with van der Waals surface area (Å²) < 4.78 is 10.5. The molecule has 1 amide bonds. The number of nitrogens with zero attached hydrogens (tertiary/aromatic N) is 3. The first-order chi connectivity index (χ1) is 9.20. The van der Waals surface area contributed by atoms with Crippen LogP contribution in [0.3, 0.4) is 0 Å². The summed E-state index contributed by atoms with van der Waals surface area (Å²) in [5, 5.41) is 10.6. The largest absolute Gasteiger partial charge is 0.408 e. The number of nitrogens with two attached hydrogens (primary N) is 1. The maximum absolute atomic E-state index is 12.1. The van der Waals surface area contributed by atoms with E-state index in [-0.39, 0.29) is 11.9 Å². The van der Waals surface area contributed by atoms with Gasteiger partial charge < -0.3 is 25.1 Å². The number of hydrogen-bond donors (Lipinski definition) is 2. The van der Waals surface area contributed by atoms with Gasteiger partial charge in [0.1, 0.15) is 6.04 Å². The van der Waals surface area contributed by atoms with Gasteiger partial charge in [-0.25, -0.2) is 0 Å². The quantitative estimate of drug-likeness (QED) is 0.722. The Bertz CT molecular complexity index is 416. The zero-order valence-corrected chi connectivity index (χ0v) is 11.0. The van der Waals surface area contributed by atoms with Gasteiger partial charge >= 0.3 is 6.01 Å². The van der Waals surface area contributed by atoms with Crippen molar-refractivity contribution in [1.29, 1.82) is 0 Å². The number of anilines is 1. The minimum absolute atomic E-state index is 0.00174. The van der Waals surface area contributed by atoms with E-state index in [0.717, 1.165) is 0 Å². The number of amides is 1. The smallest absolute Gasteiger partial charge is 0.316 e. The van der Waals surface area contributed by atoms with Crippen molar-refractivity contribution in [2.75, 3.05) is 38.2 Å². The summed E-state index contributed by atoms with van der Waals surface area (Å²) in [5.41, 5.74) is 5.40. The van der Waals surface area contributed by atoms with E-state index < -0.39 is 6.04 Å². The van der Waals surface area contributed by atoms with Crippen LogP contribution in [0, 0.1) is 0 Å². The number of carbonyl (C=O) groups is 1.